The molecular formula is C23H36O5. The van der Waals surface area contributed by atoms with E-state index >= 15 is 0 Å². The van der Waals surface area contributed by atoms with Crippen molar-refractivity contribution in [1.29, 1.82) is 0 Å². The van der Waals surface area contributed by atoms with Crippen LogP contribution in [-0.2, 0) is 9.59 Å². The van der Waals surface area contributed by atoms with Crippen LogP contribution in [0.2, 0.25) is 0 Å². The minimum absolute atomic E-state index is 0.0662. The van der Waals surface area contributed by atoms with Crippen LogP contribution in [0.5, 0.6) is 0 Å². The van der Waals surface area contributed by atoms with Crippen LogP contribution >= 0.6 is 0 Å². The van der Waals surface area contributed by atoms with Gasteiger partial charge in [0.05, 0.1) is 11.7 Å². The molecule has 5 heteroatoms. The number of hydrogen-bond donors (Lipinski definition) is 3. The van der Waals surface area contributed by atoms with Crippen molar-refractivity contribution in [3.05, 3.63) is 24.3 Å². The maximum absolute atomic E-state index is 12.3. The summed E-state index contributed by atoms with van der Waals surface area (Å²) >= 11 is 0. The molecule has 2 aliphatic rings. The molecule has 3 N–H and O–H groups in total. The topological polar surface area (TPSA) is 94.8 Å². The molecule has 0 aliphatic heterocycles. The summed E-state index contributed by atoms with van der Waals surface area (Å²) in [5.74, 6) is -0.771. The molecule has 0 radical (unpaired) electrons. The number of hydrogen-bond acceptors (Lipinski definition) is 4. The smallest absolute Gasteiger partial charge is 0.303 e. The van der Waals surface area contributed by atoms with Crippen molar-refractivity contribution >= 4 is 11.8 Å². The number of carbonyl (C=O) groups is 2. The predicted octanol–water partition coefficient (Wildman–Crippen LogP) is 4.03. The standard InChI is InChI=1S/C23H36O5/c1-2-3-14-23(28,17-12-13-17)15-8-10-19-18(20(24)16-21(19)25)9-6-4-5-7-11-22(26)27/h4,6,8,10,17-20,24,28H,2-3,5,7,9,11-16H2,1H3,(H,26,27)/b6-4-,10-8+/t18-,19-,20+,23?/m1/s1. The Kier molecular flexibility index (Phi) is 8.90. The first-order valence-electron chi connectivity index (χ1n) is 10.8. The molecule has 5 nitrogen and oxygen atoms in total. The first-order valence-corrected chi connectivity index (χ1v) is 10.8. The van der Waals surface area contributed by atoms with Crippen molar-refractivity contribution in [2.24, 2.45) is 17.8 Å². The van der Waals surface area contributed by atoms with Gasteiger partial charge in [-0.05, 0) is 50.9 Å². The Morgan fingerprint density at radius 2 is 1.96 bits per heavy atom. The Morgan fingerprint density at radius 1 is 1.21 bits per heavy atom. The Labute approximate surface area is 168 Å². The fourth-order valence-corrected chi connectivity index (χ4v) is 4.26. The van der Waals surface area contributed by atoms with Gasteiger partial charge in [0.25, 0.3) is 0 Å². The maximum atomic E-state index is 12.3. The zero-order valence-electron chi connectivity index (χ0n) is 17.1. The molecule has 0 saturated heterocycles. The van der Waals surface area contributed by atoms with Gasteiger partial charge >= 0.3 is 5.97 Å². The van der Waals surface area contributed by atoms with E-state index in [2.05, 4.69) is 6.92 Å². The molecule has 2 saturated carbocycles. The predicted molar refractivity (Wildman–Crippen MR) is 109 cm³/mol. The van der Waals surface area contributed by atoms with Gasteiger partial charge in [0.1, 0.15) is 5.78 Å². The van der Waals surface area contributed by atoms with Crippen LogP contribution in [0.4, 0.5) is 0 Å². The third-order valence-corrected chi connectivity index (χ3v) is 6.19. The monoisotopic (exact) mass is 392 g/mol. The molecule has 2 rings (SSSR count). The molecule has 0 aromatic heterocycles. The highest BCUT2D eigenvalue weighted by Crippen LogP contribution is 2.44. The minimum atomic E-state index is -0.791. The average Bonchev–Trinajstić information content (AvgIpc) is 3.45. The van der Waals surface area contributed by atoms with E-state index in [0.29, 0.717) is 31.6 Å². The number of Topliss-reactive ketones (excluding diaryl/α,β-unsaturated/α-hetero) is 1. The summed E-state index contributed by atoms with van der Waals surface area (Å²) in [7, 11) is 0. The number of unbranched alkanes of at least 4 members (excludes halogenated alkanes) is 2. The first kappa shape index (κ1) is 22.8. The zero-order valence-corrected chi connectivity index (χ0v) is 17.1. The van der Waals surface area contributed by atoms with Gasteiger partial charge in [0.15, 0.2) is 0 Å². The Hall–Kier alpha value is -1.46. The number of carboxylic acids is 1. The normalized spacial score (nSPS) is 27.7. The van der Waals surface area contributed by atoms with E-state index in [0.717, 1.165) is 32.1 Å². The number of ketones is 1. The second kappa shape index (κ2) is 10.9. The van der Waals surface area contributed by atoms with Crippen LogP contribution in [0.3, 0.4) is 0 Å². The number of carboxylic acid groups (broad SMARTS) is 1. The van der Waals surface area contributed by atoms with Crippen molar-refractivity contribution in [3.8, 4) is 0 Å². The zero-order chi connectivity index (χ0) is 20.6. The van der Waals surface area contributed by atoms with E-state index in [-0.39, 0.29) is 30.5 Å². The Morgan fingerprint density at radius 3 is 2.61 bits per heavy atom. The summed E-state index contributed by atoms with van der Waals surface area (Å²) in [6.07, 6.45) is 15.0. The quantitative estimate of drug-likeness (QED) is 0.325. The van der Waals surface area contributed by atoms with Crippen LogP contribution in [0.1, 0.15) is 77.6 Å². The average molecular weight is 393 g/mol. The number of rotatable bonds is 13. The molecule has 2 fully saturated rings. The molecule has 0 aromatic carbocycles. The lowest BCUT2D eigenvalue weighted by atomic mass is 9.86. The van der Waals surface area contributed by atoms with Crippen molar-refractivity contribution in [2.45, 2.75) is 89.3 Å². The van der Waals surface area contributed by atoms with E-state index < -0.39 is 17.7 Å². The lowest BCUT2D eigenvalue weighted by Crippen LogP contribution is -2.30. The van der Waals surface area contributed by atoms with E-state index in [9.17, 15) is 19.8 Å². The summed E-state index contributed by atoms with van der Waals surface area (Å²) < 4.78 is 0. The second-order valence-electron chi connectivity index (χ2n) is 8.53. The lowest BCUT2D eigenvalue weighted by molar-refractivity contribution is -0.137. The van der Waals surface area contributed by atoms with Gasteiger partial charge in [-0.2, -0.15) is 0 Å². The number of allylic oxidation sites excluding steroid dienone is 3. The summed E-state index contributed by atoms with van der Waals surface area (Å²) in [5, 5.41) is 29.9. The van der Waals surface area contributed by atoms with Crippen molar-refractivity contribution < 1.29 is 24.9 Å². The van der Waals surface area contributed by atoms with Crippen LogP contribution in [-0.4, -0.2) is 38.8 Å². The lowest BCUT2D eigenvalue weighted by Gasteiger charge is -2.27. The highest BCUT2D eigenvalue weighted by Gasteiger charge is 2.43. The molecule has 0 bridgehead atoms. The second-order valence-corrected chi connectivity index (χ2v) is 8.53. The van der Waals surface area contributed by atoms with Gasteiger partial charge in [0.2, 0.25) is 0 Å². The maximum Gasteiger partial charge on any atom is 0.303 e. The molecule has 4 atom stereocenters. The molecule has 0 heterocycles. The summed E-state index contributed by atoms with van der Waals surface area (Å²) in [6.45, 7) is 2.13. The molecule has 0 spiro atoms. The third kappa shape index (κ3) is 6.85. The van der Waals surface area contributed by atoms with Gasteiger partial charge in [-0.25, -0.2) is 0 Å². The van der Waals surface area contributed by atoms with Crippen LogP contribution in [0.25, 0.3) is 0 Å². The highest BCUT2D eigenvalue weighted by molar-refractivity contribution is 5.86. The van der Waals surface area contributed by atoms with Gasteiger partial charge in [0, 0.05) is 24.7 Å². The van der Waals surface area contributed by atoms with Gasteiger partial charge in [-0.15, -0.1) is 0 Å². The number of aliphatic carboxylic acids is 1. The van der Waals surface area contributed by atoms with E-state index in [1.807, 2.05) is 24.3 Å². The molecule has 2 aliphatic carbocycles. The molecule has 158 valence electrons. The fraction of sp³-hybridized carbons (Fsp3) is 0.739. The molecule has 0 aromatic rings. The number of aliphatic hydroxyl groups excluding tert-OH is 1. The molecular weight excluding hydrogens is 356 g/mol. The van der Waals surface area contributed by atoms with Gasteiger partial charge < -0.3 is 15.3 Å². The largest absolute Gasteiger partial charge is 0.481 e. The van der Waals surface area contributed by atoms with E-state index in [4.69, 9.17) is 5.11 Å². The highest BCUT2D eigenvalue weighted by atomic mass is 16.4. The van der Waals surface area contributed by atoms with E-state index in [1.165, 1.54) is 0 Å². The van der Waals surface area contributed by atoms with E-state index in [1.54, 1.807) is 0 Å². The van der Waals surface area contributed by atoms with Crippen molar-refractivity contribution in [3.63, 3.8) is 0 Å². The first-order chi connectivity index (χ1) is 13.4. The minimum Gasteiger partial charge on any atom is -0.481 e. The van der Waals surface area contributed by atoms with Crippen LogP contribution < -0.4 is 0 Å². The molecule has 0 amide bonds. The molecule has 28 heavy (non-hydrogen) atoms. The molecule has 1 unspecified atom stereocenters. The van der Waals surface area contributed by atoms with Gasteiger partial charge in [-0.3, -0.25) is 9.59 Å². The number of aliphatic hydroxyl groups is 2. The summed E-state index contributed by atoms with van der Waals surface area (Å²) in [4.78, 5) is 22.8. The Bertz CT molecular complexity index is 578. The van der Waals surface area contributed by atoms with Crippen LogP contribution in [0, 0.1) is 17.8 Å². The van der Waals surface area contributed by atoms with Crippen LogP contribution in [0.15, 0.2) is 24.3 Å². The summed E-state index contributed by atoms with van der Waals surface area (Å²) in [5.41, 5.74) is -0.647. The van der Waals surface area contributed by atoms with Gasteiger partial charge in [-0.1, -0.05) is 44.1 Å². The van der Waals surface area contributed by atoms with Crippen molar-refractivity contribution in [2.75, 3.05) is 0 Å². The number of carbonyl (C=O) groups excluding carboxylic acids is 1. The van der Waals surface area contributed by atoms with Crippen molar-refractivity contribution in [1.82, 2.24) is 0 Å². The Balaban J connectivity index is 1.88. The SMILES string of the molecule is CCCCC(O)(C/C=C/[C@H]1C(=O)C[C@H](O)[C@@H]1C/C=C\CCCC(=O)O)C1CC1. The fourth-order valence-electron chi connectivity index (χ4n) is 4.26. The summed E-state index contributed by atoms with van der Waals surface area (Å²) in [6, 6.07) is 0. The third-order valence-electron chi connectivity index (χ3n) is 6.19.